The Kier molecular flexibility index (Phi) is 5.54. The summed E-state index contributed by atoms with van der Waals surface area (Å²) in [4.78, 5) is 37.8. The van der Waals surface area contributed by atoms with Crippen LogP contribution < -0.4 is 9.64 Å². The molecule has 0 spiro atoms. The first-order valence-corrected chi connectivity index (χ1v) is 8.74. The van der Waals surface area contributed by atoms with Gasteiger partial charge in [0.15, 0.2) is 19.0 Å². The Labute approximate surface area is 157 Å². The second kappa shape index (κ2) is 8.03. The van der Waals surface area contributed by atoms with Crippen LogP contribution in [0.1, 0.15) is 27.9 Å². The van der Waals surface area contributed by atoms with Gasteiger partial charge in [0, 0.05) is 12.1 Å². The van der Waals surface area contributed by atoms with E-state index in [1.807, 2.05) is 26.0 Å². The number of amides is 1. The summed E-state index contributed by atoms with van der Waals surface area (Å²) in [6.07, 6.45) is 0.000278. The standard InChI is InChI=1S/C21H21NO5/c1-14-7-8-16(11-15(14)2)18(23)12-27-21(25)9-10-22-17-5-3-4-6-19(17)26-13-20(22)24/h3-8,11H,9-10,12-13H2,1-2H3. The molecule has 27 heavy (non-hydrogen) atoms. The van der Waals surface area contributed by atoms with Gasteiger partial charge in [-0.1, -0.05) is 24.3 Å². The van der Waals surface area contributed by atoms with Crippen LogP contribution in [0.3, 0.4) is 0 Å². The zero-order valence-electron chi connectivity index (χ0n) is 15.4. The third-order valence-corrected chi connectivity index (χ3v) is 4.54. The molecule has 6 nitrogen and oxygen atoms in total. The van der Waals surface area contributed by atoms with E-state index in [9.17, 15) is 14.4 Å². The zero-order valence-corrected chi connectivity index (χ0v) is 15.4. The monoisotopic (exact) mass is 367 g/mol. The van der Waals surface area contributed by atoms with Gasteiger partial charge in [-0.15, -0.1) is 0 Å². The Morgan fingerprint density at radius 1 is 1.11 bits per heavy atom. The van der Waals surface area contributed by atoms with Crippen molar-refractivity contribution in [2.24, 2.45) is 0 Å². The number of para-hydroxylation sites is 2. The number of esters is 1. The van der Waals surface area contributed by atoms with Gasteiger partial charge in [0.05, 0.1) is 12.1 Å². The molecule has 1 aliphatic rings. The molecule has 1 amide bonds. The maximum atomic E-state index is 12.2. The van der Waals surface area contributed by atoms with Gasteiger partial charge < -0.3 is 14.4 Å². The predicted octanol–water partition coefficient (Wildman–Crippen LogP) is 2.85. The molecule has 0 radical (unpaired) electrons. The fraction of sp³-hybridized carbons (Fsp3) is 0.286. The maximum absolute atomic E-state index is 12.2. The number of hydrogen-bond donors (Lipinski definition) is 0. The summed E-state index contributed by atoms with van der Waals surface area (Å²) in [6.45, 7) is 3.70. The lowest BCUT2D eigenvalue weighted by Crippen LogP contribution is -2.40. The molecule has 6 heteroatoms. The molecule has 0 fully saturated rings. The number of nitrogens with zero attached hydrogens (tertiary/aromatic N) is 1. The first kappa shape index (κ1) is 18.6. The van der Waals surface area contributed by atoms with Crippen molar-refractivity contribution < 1.29 is 23.9 Å². The highest BCUT2D eigenvalue weighted by molar-refractivity contribution is 5.99. The van der Waals surface area contributed by atoms with E-state index in [1.54, 1.807) is 30.3 Å². The predicted molar refractivity (Wildman–Crippen MR) is 100 cm³/mol. The molecule has 1 heterocycles. The van der Waals surface area contributed by atoms with Crippen molar-refractivity contribution in [2.45, 2.75) is 20.3 Å². The number of ketones is 1. The average Bonchev–Trinajstić information content (AvgIpc) is 2.67. The number of carbonyl (C=O) groups excluding carboxylic acids is 3. The fourth-order valence-corrected chi connectivity index (χ4v) is 2.82. The number of rotatable bonds is 6. The van der Waals surface area contributed by atoms with Gasteiger partial charge >= 0.3 is 5.97 Å². The molecule has 0 aliphatic carbocycles. The molecule has 3 rings (SSSR count). The number of Topliss-reactive ketones (excluding diaryl/α,β-unsaturated/α-hetero) is 1. The number of hydrogen-bond acceptors (Lipinski definition) is 5. The van der Waals surface area contributed by atoms with Crippen molar-refractivity contribution in [3.63, 3.8) is 0 Å². The van der Waals surface area contributed by atoms with Crippen LogP contribution >= 0.6 is 0 Å². The van der Waals surface area contributed by atoms with Crippen LogP contribution in [-0.2, 0) is 14.3 Å². The summed E-state index contributed by atoms with van der Waals surface area (Å²) in [6, 6.07) is 12.5. The minimum absolute atomic E-state index is 0.000278. The second-order valence-corrected chi connectivity index (χ2v) is 6.43. The third kappa shape index (κ3) is 4.34. The van der Waals surface area contributed by atoms with Crippen molar-refractivity contribution in [1.82, 2.24) is 0 Å². The summed E-state index contributed by atoms with van der Waals surface area (Å²) >= 11 is 0. The number of carbonyl (C=O) groups is 3. The highest BCUT2D eigenvalue weighted by atomic mass is 16.5. The van der Waals surface area contributed by atoms with Gasteiger partial charge in [0.1, 0.15) is 5.75 Å². The van der Waals surface area contributed by atoms with Crippen LogP contribution in [0.5, 0.6) is 5.75 Å². The van der Waals surface area contributed by atoms with Crippen LogP contribution in [0.25, 0.3) is 0 Å². The molecular weight excluding hydrogens is 346 g/mol. The van der Waals surface area contributed by atoms with Gasteiger partial charge in [0.25, 0.3) is 5.91 Å². The smallest absolute Gasteiger partial charge is 0.308 e. The maximum Gasteiger partial charge on any atom is 0.308 e. The molecule has 0 bridgehead atoms. The molecule has 2 aromatic carbocycles. The third-order valence-electron chi connectivity index (χ3n) is 4.54. The normalized spacial score (nSPS) is 13.0. The van der Waals surface area contributed by atoms with Crippen LogP contribution in [0.2, 0.25) is 0 Å². The minimum atomic E-state index is -0.524. The molecular formula is C21H21NO5. The largest absolute Gasteiger partial charge is 0.482 e. The summed E-state index contributed by atoms with van der Waals surface area (Å²) in [5, 5.41) is 0. The van der Waals surface area contributed by atoms with Crippen molar-refractivity contribution in [1.29, 1.82) is 0 Å². The first-order valence-electron chi connectivity index (χ1n) is 8.74. The van der Waals surface area contributed by atoms with Gasteiger partial charge in [-0.05, 0) is 43.2 Å². The molecule has 0 aromatic heterocycles. The van der Waals surface area contributed by atoms with Gasteiger partial charge in [0.2, 0.25) is 0 Å². The number of benzene rings is 2. The lowest BCUT2D eigenvalue weighted by molar-refractivity contribution is -0.142. The van der Waals surface area contributed by atoms with Crippen molar-refractivity contribution in [3.8, 4) is 5.75 Å². The molecule has 1 aliphatic heterocycles. The fourth-order valence-electron chi connectivity index (χ4n) is 2.82. The van der Waals surface area contributed by atoms with Gasteiger partial charge in [-0.25, -0.2) is 0 Å². The zero-order chi connectivity index (χ0) is 19.4. The average molecular weight is 367 g/mol. The summed E-state index contributed by atoms with van der Waals surface area (Å²) in [5.41, 5.74) is 3.26. The molecule has 0 saturated heterocycles. The molecule has 140 valence electrons. The number of anilines is 1. The SMILES string of the molecule is Cc1ccc(C(=O)COC(=O)CCN2C(=O)COc3ccccc32)cc1C. The first-order chi connectivity index (χ1) is 13.0. The Bertz CT molecular complexity index is 890. The number of aryl methyl sites for hydroxylation is 2. The van der Waals surface area contributed by atoms with Crippen LogP contribution in [0.4, 0.5) is 5.69 Å². The lowest BCUT2D eigenvalue weighted by atomic mass is 10.0. The summed E-state index contributed by atoms with van der Waals surface area (Å²) in [7, 11) is 0. The molecule has 0 N–H and O–H groups in total. The van der Waals surface area contributed by atoms with E-state index in [-0.39, 0.29) is 37.9 Å². The topological polar surface area (TPSA) is 72.9 Å². The van der Waals surface area contributed by atoms with Crippen LogP contribution in [-0.4, -0.2) is 37.4 Å². The molecule has 0 saturated carbocycles. The van der Waals surface area contributed by atoms with E-state index in [1.165, 1.54) is 4.90 Å². The number of fused-ring (bicyclic) bond motifs is 1. The molecule has 2 aromatic rings. The quantitative estimate of drug-likeness (QED) is 0.580. The lowest BCUT2D eigenvalue weighted by Gasteiger charge is -2.28. The molecule has 0 unspecified atom stereocenters. The summed E-state index contributed by atoms with van der Waals surface area (Å²) < 4.78 is 10.5. The Balaban J connectivity index is 1.53. The molecule has 0 atom stereocenters. The highest BCUT2D eigenvalue weighted by Crippen LogP contribution is 2.31. The second-order valence-electron chi connectivity index (χ2n) is 6.43. The van der Waals surface area contributed by atoms with Crippen molar-refractivity contribution in [3.05, 3.63) is 59.2 Å². The van der Waals surface area contributed by atoms with Gasteiger partial charge in [-0.3, -0.25) is 14.4 Å². The Hall–Kier alpha value is -3.15. The van der Waals surface area contributed by atoms with Crippen molar-refractivity contribution >= 4 is 23.3 Å². The van der Waals surface area contributed by atoms with Crippen molar-refractivity contribution in [2.75, 3.05) is 24.7 Å². The van der Waals surface area contributed by atoms with Gasteiger partial charge in [-0.2, -0.15) is 0 Å². The van der Waals surface area contributed by atoms with E-state index in [0.29, 0.717) is 17.0 Å². The highest BCUT2D eigenvalue weighted by Gasteiger charge is 2.25. The minimum Gasteiger partial charge on any atom is -0.482 e. The van der Waals surface area contributed by atoms with E-state index >= 15 is 0 Å². The summed E-state index contributed by atoms with van der Waals surface area (Å²) in [5.74, 6) is -0.383. The Morgan fingerprint density at radius 3 is 2.67 bits per heavy atom. The Morgan fingerprint density at radius 2 is 1.89 bits per heavy atom. The van der Waals surface area contributed by atoms with Crippen LogP contribution in [0, 0.1) is 13.8 Å². The number of ether oxygens (including phenoxy) is 2. The van der Waals surface area contributed by atoms with Crippen LogP contribution in [0.15, 0.2) is 42.5 Å². The van der Waals surface area contributed by atoms with E-state index in [2.05, 4.69) is 0 Å². The van der Waals surface area contributed by atoms with E-state index in [4.69, 9.17) is 9.47 Å². The van der Waals surface area contributed by atoms with E-state index < -0.39 is 5.97 Å². The van der Waals surface area contributed by atoms with E-state index in [0.717, 1.165) is 11.1 Å².